The summed E-state index contributed by atoms with van der Waals surface area (Å²) < 4.78 is 6.93. The van der Waals surface area contributed by atoms with Gasteiger partial charge in [0.15, 0.2) is 5.65 Å². The molecule has 4 rings (SSSR count). The van der Waals surface area contributed by atoms with Crippen molar-refractivity contribution < 1.29 is 14.6 Å². The zero-order valence-corrected chi connectivity index (χ0v) is 16.3. The average Bonchev–Trinajstić information content (AvgIpc) is 3.09. The van der Waals surface area contributed by atoms with E-state index in [-0.39, 0.29) is 5.92 Å². The Kier molecular flexibility index (Phi) is 4.80. The summed E-state index contributed by atoms with van der Waals surface area (Å²) in [6, 6.07) is 5.54. The molecule has 1 N–H and O–H groups in total. The lowest BCUT2D eigenvalue weighted by atomic mass is 9.90. The summed E-state index contributed by atoms with van der Waals surface area (Å²) >= 11 is 6.11. The van der Waals surface area contributed by atoms with Gasteiger partial charge < -0.3 is 14.7 Å². The van der Waals surface area contributed by atoms with E-state index < -0.39 is 6.09 Å². The van der Waals surface area contributed by atoms with E-state index in [1.54, 1.807) is 23.0 Å². The predicted molar refractivity (Wildman–Crippen MR) is 105 cm³/mol. The first kappa shape index (κ1) is 18.5. The number of aryl methyl sites for hydroxylation is 1. The van der Waals surface area contributed by atoms with Crippen LogP contribution in [0.2, 0.25) is 5.15 Å². The number of hydrogen-bond donors (Lipinski definition) is 1. The molecule has 1 amide bonds. The second-order valence-electron chi connectivity index (χ2n) is 6.89. The van der Waals surface area contributed by atoms with E-state index in [1.165, 1.54) is 12.0 Å². The van der Waals surface area contributed by atoms with Crippen LogP contribution in [0.3, 0.4) is 0 Å². The number of aromatic nitrogens is 4. The first-order valence-corrected chi connectivity index (χ1v) is 9.39. The maximum atomic E-state index is 11.2. The lowest BCUT2D eigenvalue weighted by Crippen LogP contribution is -2.37. The van der Waals surface area contributed by atoms with Crippen molar-refractivity contribution in [3.8, 4) is 11.6 Å². The van der Waals surface area contributed by atoms with E-state index in [0.29, 0.717) is 24.1 Å². The molecule has 9 heteroatoms. The highest BCUT2D eigenvalue weighted by atomic mass is 35.5. The number of amides is 1. The first-order chi connectivity index (χ1) is 13.5. The smallest absolute Gasteiger partial charge is 0.407 e. The summed E-state index contributed by atoms with van der Waals surface area (Å²) in [7, 11) is 1.53. The number of piperidine rings is 1. The van der Waals surface area contributed by atoms with Crippen LogP contribution in [-0.4, -0.2) is 56.0 Å². The van der Waals surface area contributed by atoms with Gasteiger partial charge in [-0.15, -0.1) is 0 Å². The van der Waals surface area contributed by atoms with Crippen molar-refractivity contribution >= 4 is 28.7 Å². The van der Waals surface area contributed by atoms with Gasteiger partial charge in [0.2, 0.25) is 5.88 Å². The normalized spacial score (nSPS) is 15.2. The van der Waals surface area contributed by atoms with Gasteiger partial charge in [-0.25, -0.2) is 19.4 Å². The minimum absolute atomic E-state index is 0.221. The lowest BCUT2D eigenvalue weighted by Gasteiger charge is -2.30. The van der Waals surface area contributed by atoms with E-state index in [9.17, 15) is 4.79 Å². The number of fused-ring (bicyclic) bond motifs is 1. The molecule has 4 heterocycles. The molecule has 0 radical (unpaired) electrons. The number of carbonyl (C=O) groups is 1. The molecule has 1 fully saturated rings. The number of hydrogen-bond acceptors (Lipinski definition) is 5. The fraction of sp³-hybridized carbons (Fsp3) is 0.368. The van der Waals surface area contributed by atoms with Crippen LogP contribution in [0.25, 0.3) is 16.7 Å². The Labute approximate surface area is 166 Å². The summed E-state index contributed by atoms with van der Waals surface area (Å²) in [6.45, 7) is 3.08. The van der Waals surface area contributed by atoms with E-state index in [4.69, 9.17) is 26.4 Å². The van der Waals surface area contributed by atoms with E-state index in [1.807, 2.05) is 6.92 Å². The minimum atomic E-state index is -0.861. The third-order valence-corrected chi connectivity index (χ3v) is 5.33. The van der Waals surface area contributed by atoms with Crippen LogP contribution < -0.4 is 4.74 Å². The van der Waals surface area contributed by atoms with Crippen LogP contribution in [0, 0.1) is 6.92 Å². The standard InChI is InChI=1S/C19H20ClN5O3/c1-11-7-13-10-21-25(14-8-15(20)22-16(9-14)28-2)18(13)23-17(11)12-3-5-24(6-4-12)19(26)27/h7-10,12H,3-6H2,1-2H3,(H,26,27). The van der Waals surface area contributed by atoms with Crippen molar-refractivity contribution in [3.63, 3.8) is 0 Å². The second-order valence-corrected chi connectivity index (χ2v) is 7.28. The van der Waals surface area contributed by atoms with Crippen LogP contribution in [0.1, 0.15) is 30.0 Å². The number of likely N-dealkylation sites (tertiary alicyclic amines) is 1. The fourth-order valence-corrected chi connectivity index (χ4v) is 3.91. The number of methoxy groups -OCH3 is 1. The molecule has 1 aliphatic heterocycles. The van der Waals surface area contributed by atoms with Gasteiger partial charge in [0.25, 0.3) is 0 Å². The largest absolute Gasteiger partial charge is 0.481 e. The molecule has 1 saturated heterocycles. The Hall–Kier alpha value is -2.87. The van der Waals surface area contributed by atoms with Gasteiger partial charge in [0.1, 0.15) is 5.15 Å². The number of ether oxygens (including phenoxy) is 1. The van der Waals surface area contributed by atoms with Gasteiger partial charge >= 0.3 is 6.09 Å². The highest BCUT2D eigenvalue weighted by molar-refractivity contribution is 6.29. The molecule has 0 bridgehead atoms. The van der Waals surface area contributed by atoms with Crippen LogP contribution in [0.4, 0.5) is 4.79 Å². The Morgan fingerprint density at radius 1 is 1.25 bits per heavy atom. The molecule has 1 aliphatic rings. The lowest BCUT2D eigenvalue weighted by molar-refractivity contribution is 0.131. The molecule has 0 spiro atoms. The molecule has 28 heavy (non-hydrogen) atoms. The van der Waals surface area contributed by atoms with Gasteiger partial charge in [-0.05, 0) is 31.4 Å². The molecule has 3 aromatic rings. The Morgan fingerprint density at radius 3 is 2.68 bits per heavy atom. The third kappa shape index (κ3) is 3.35. The number of carboxylic acid groups (broad SMARTS) is 1. The molecule has 8 nitrogen and oxygen atoms in total. The van der Waals surface area contributed by atoms with Crippen molar-refractivity contribution in [2.75, 3.05) is 20.2 Å². The molecule has 0 aliphatic carbocycles. The summed E-state index contributed by atoms with van der Waals surface area (Å²) in [6.07, 6.45) is 2.43. The zero-order valence-electron chi connectivity index (χ0n) is 15.6. The van der Waals surface area contributed by atoms with Crippen LogP contribution in [-0.2, 0) is 0 Å². The molecular weight excluding hydrogens is 382 g/mol. The average molecular weight is 402 g/mol. The maximum absolute atomic E-state index is 11.2. The SMILES string of the molecule is COc1cc(-n2ncc3cc(C)c(C4CCN(C(=O)O)CC4)nc32)cc(Cl)n1. The number of rotatable bonds is 3. The minimum Gasteiger partial charge on any atom is -0.481 e. The van der Waals surface area contributed by atoms with Gasteiger partial charge in [0, 0.05) is 42.2 Å². The monoisotopic (exact) mass is 401 g/mol. The predicted octanol–water partition coefficient (Wildman–Crippen LogP) is 3.64. The van der Waals surface area contributed by atoms with Crippen molar-refractivity contribution in [1.29, 1.82) is 0 Å². The maximum Gasteiger partial charge on any atom is 0.407 e. The van der Waals surface area contributed by atoms with Crippen LogP contribution >= 0.6 is 11.6 Å². The molecule has 0 unspecified atom stereocenters. The molecule has 0 saturated carbocycles. The van der Waals surface area contributed by atoms with Gasteiger partial charge in [-0.2, -0.15) is 5.10 Å². The van der Waals surface area contributed by atoms with Gasteiger partial charge in [0.05, 0.1) is 19.0 Å². The van der Waals surface area contributed by atoms with Gasteiger partial charge in [-0.1, -0.05) is 11.6 Å². The van der Waals surface area contributed by atoms with Crippen molar-refractivity contribution in [3.05, 3.63) is 40.8 Å². The van der Waals surface area contributed by atoms with Crippen molar-refractivity contribution in [2.24, 2.45) is 0 Å². The highest BCUT2D eigenvalue weighted by Gasteiger charge is 2.26. The quantitative estimate of drug-likeness (QED) is 0.673. The van der Waals surface area contributed by atoms with Crippen LogP contribution in [0.15, 0.2) is 24.4 Å². The van der Waals surface area contributed by atoms with Crippen LogP contribution in [0.5, 0.6) is 5.88 Å². The van der Waals surface area contributed by atoms with E-state index in [2.05, 4.69) is 16.1 Å². The summed E-state index contributed by atoms with van der Waals surface area (Å²) in [5.41, 5.74) is 3.53. The molecule has 3 aromatic heterocycles. The number of pyridine rings is 2. The Balaban J connectivity index is 1.73. The highest BCUT2D eigenvalue weighted by Crippen LogP contribution is 2.31. The van der Waals surface area contributed by atoms with Crippen molar-refractivity contribution in [2.45, 2.75) is 25.7 Å². The summed E-state index contributed by atoms with van der Waals surface area (Å²) in [4.78, 5) is 21.6. The Bertz CT molecular complexity index is 1040. The number of nitrogens with zero attached hydrogens (tertiary/aromatic N) is 5. The van der Waals surface area contributed by atoms with E-state index in [0.717, 1.165) is 40.8 Å². The zero-order chi connectivity index (χ0) is 19.8. The summed E-state index contributed by atoms with van der Waals surface area (Å²) in [5, 5.41) is 14.9. The first-order valence-electron chi connectivity index (χ1n) is 9.01. The molecule has 146 valence electrons. The number of halogens is 1. The third-order valence-electron chi connectivity index (χ3n) is 5.13. The van der Waals surface area contributed by atoms with Gasteiger partial charge in [-0.3, -0.25) is 0 Å². The molecular formula is C19H20ClN5O3. The second kappa shape index (κ2) is 7.27. The topological polar surface area (TPSA) is 93.4 Å². The molecule has 0 atom stereocenters. The van der Waals surface area contributed by atoms with Crippen molar-refractivity contribution in [1.82, 2.24) is 24.6 Å². The van der Waals surface area contributed by atoms with E-state index >= 15 is 0 Å². The Morgan fingerprint density at radius 2 is 2.00 bits per heavy atom. The molecule has 0 aromatic carbocycles. The summed E-state index contributed by atoms with van der Waals surface area (Å²) in [5.74, 6) is 0.624. The fourth-order valence-electron chi connectivity index (χ4n) is 3.71.